The predicted molar refractivity (Wildman–Crippen MR) is 115 cm³/mol. The van der Waals surface area contributed by atoms with E-state index in [-0.39, 0.29) is 12.4 Å². The third-order valence-corrected chi connectivity index (χ3v) is 5.45. The Labute approximate surface area is 167 Å². The van der Waals surface area contributed by atoms with Crippen molar-refractivity contribution < 1.29 is 4.74 Å². The van der Waals surface area contributed by atoms with Gasteiger partial charge in [-0.2, -0.15) is 0 Å². The monoisotopic (exact) mass is 382 g/mol. The van der Waals surface area contributed by atoms with E-state index in [1.54, 1.807) is 7.11 Å². The van der Waals surface area contributed by atoms with Gasteiger partial charge in [-0.25, -0.2) is 4.98 Å². The van der Waals surface area contributed by atoms with E-state index in [0.717, 1.165) is 42.4 Å². The minimum atomic E-state index is 0. The largest absolute Gasteiger partial charge is 0.497 e. The van der Waals surface area contributed by atoms with E-state index in [9.17, 15) is 0 Å². The number of ether oxygens (including phenoxy) is 1. The molecule has 4 heteroatoms. The van der Waals surface area contributed by atoms with E-state index >= 15 is 0 Å². The van der Waals surface area contributed by atoms with Crippen LogP contribution in [-0.4, -0.2) is 25.2 Å². The molecule has 1 aliphatic rings. The van der Waals surface area contributed by atoms with Crippen LogP contribution in [0.15, 0.2) is 54.6 Å². The zero-order valence-corrected chi connectivity index (χ0v) is 16.6. The molecule has 142 valence electrons. The molecule has 2 aromatic carbocycles. The zero-order chi connectivity index (χ0) is 17.8. The van der Waals surface area contributed by atoms with Crippen LogP contribution in [0.4, 0.5) is 0 Å². The fourth-order valence-corrected chi connectivity index (χ4v) is 3.90. The van der Waals surface area contributed by atoms with Gasteiger partial charge in [-0.15, -0.1) is 12.4 Å². The highest BCUT2D eigenvalue weighted by molar-refractivity contribution is 5.86. The number of piperidine rings is 1. The van der Waals surface area contributed by atoms with Crippen molar-refractivity contribution in [1.29, 1.82) is 0 Å². The Morgan fingerprint density at radius 3 is 2.56 bits per heavy atom. The molecule has 0 spiro atoms. The van der Waals surface area contributed by atoms with E-state index in [2.05, 4.69) is 47.8 Å². The van der Waals surface area contributed by atoms with Crippen LogP contribution in [-0.2, 0) is 6.42 Å². The molecule has 1 aromatic heterocycles. The fourth-order valence-electron chi connectivity index (χ4n) is 3.90. The number of halogens is 1. The molecule has 3 aromatic rings. The third kappa shape index (κ3) is 4.60. The van der Waals surface area contributed by atoms with E-state index in [1.807, 2.05) is 12.1 Å². The van der Waals surface area contributed by atoms with E-state index in [4.69, 9.17) is 9.72 Å². The summed E-state index contributed by atoms with van der Waals surface area (Å²) in [6.07, 6.45) is 4.92. The summed E-state index contributed by atoms with van der Waals surface area (Å²) in [5.74, 6) is 1.72. The minimum Gasteiger partial charge on any atom is -0.497 e. The number of hydrogen-bond donors (Lipinski definition) is 1. The molecule has 0 saturated carbocycles. The van der Waals surface area contributed by atoms with Crippen molar-refractivity contribution >= 4 is 23.3 Å². The van der Waals surface area contributed by atoms with Gasteiger partial charge in [0.1, 0.15) is 5.75 Å². The van der Waals surface area contributed by atoms with Crippen molar-refractivity contribution in [3.63, 3.8) is 0 Å². The van der Waals surface area contributed by atoms with E-state index in [0.29, 0.717) is 0 Å². The molecule has 0 amide bonds. The quantitative estimate of drug-likeness (QED) is 0.653. The van der Waals surface area contributed by atoms with Crippen molar-refractivity contribution in [2.45, 2.75) is 25.7 Å². The van der Waals surface area contributed by atoms with E-state index < -0.39 is 0 Å². The molecule has 0 radical (unpaired) electrons. The number of benzene rings is 2. The summed E-state index contributed by atoms with van der Waals surface area (Å²) in [7, 11) is 1.72. The second kappa shape index (κ2) is 9.20. The first-order valence-corrected chi connectivity index (χ1v) is 9.57. The van der Waals surface area contributed by atoms with Gasteiger partial charge < -0.3 is 10.1 Å². The molecule has 27 heavy (non-hydrogen) atoms. The van der Waals surface area contributed by atoms with Crippen molar-refractivity contribution in [3.05, 3.63) is 60.2 Å². The van der Waals surface area contributed by atoms with Gasteiger partial charge in [0.15, 0.2) is 0 Å². The van der Waals surface area contributed by atoms with Crippen molar-refractivity contribution in [2.75, 3.05) is 20.2 Å². The molecule has 0 atom stereocenters. The Morgan fingerprint density at radius 1 is 1.04 bits per heavy atom. The van der Waals surface area contributed by atoms with Crippen LogP contribution in [0.1, 0.15) is 24.8 Å². The first-order chi connectivity index (χ1) is 12.8. The van der Waals surface area contributed by atoms with Crippen LogP contribution < -0.4 is 10.1 Å². The van der Waals surface area contributed by atoms with Crippen LogP contribution >= 0.6 is 12.4 Å². The van der Waals surface area contributed by atoms with E-state index in [1.165, 1.54) is 35.8 Å². The summed E-state index contributed by atoms with van der Waals surface area (Å²) in [5.41, 5.74) is 4.66. The number of aromatic nitrogens is 1. The number of nitrogens with zero attached hydrogens (tertiary/aromatic N) is 1. The fraction of sp³-hybridized carbons (Fsp3) is 0.348. The van der Waals surface area contributed by atoms with Crippen molar-refractivity contribution in [1.82, 2.24) is 10.3 Å². The molecule has 3 nitrogen and oxygen atoms in total. The maximum atomic E-state index is 5.45. The highest BCUT2D eigenvalue weighted by atomic mass is 35.5. The lowest BCUT2D eigenvalue weighted by Gasteiger charge is -2.22. The maximum absolute atomic E-state index is 5.45. The second-order valence-electron chi connectivity index (χ2n) is 7.15. The Balaban J connectivity index is 0.00000210. The first kappa shape index (κ1) is 19.7. The van der Waals surface area contributed by atoms with Gasteiger partial charge in [-0.1, -0.05) is 30.3 Å². The number of hydrogen-bond acceptors (Lipinski definition) is 3. The number of rotatable bonds is 5. The SMILES string of the molecule is COc1ccc2nc(-c3ccccc3)cc(CCC3CCNCC3)c2c1.Cl. The average Bonchev–Trinajstić information content (AvgIpc) is 2.73. The Bertz CT molecular complexity index is 876. The number of methoxy groups -OCH3 is 1. The summed E-state index contributed by atoms with van der Waals surface area (Å²) < 4.78 is 5.45. The van der Waals surface area contributed by atoms with Gasteiger partial charge in [-0.05, 0) is 74.5 Å². The summed E-state index contributed by atoms with van der Waals surface area (Å²) in [6.45, 7) is 2.32. The highest BCUT2D eigenvalue weighted by Crippen LogP contribution is 2.30. The van der Waals surface area contributed by atoms with Gasteiger partial charge in [0.25, 0.3) is 0 Å². The number of fused-ring (bicyclic) bond motifs is 1. The normalized spacial score (nSPS) is 14.7. The minimum absolute atomic E-state index is 0. The summed E-state index contributed by atoms with van der Waals surface area (Å²) in [6, 6.07) is 19.0. The van der Waals surface area contributed by atoms with Gasteiger partial charge in [0.05, 0.1) is 18.3 Å². The molecule has 1 N–H and O–H groups in total. The lowest BCUT2D eigenvalue weighted by Crippen LogP contribution is -2.27. The molecule has 0 aliphatic carbocycles. The third-order valence-electron chi connectivity index (χ3n) is 5.45. The van der Waals surface area contributed by atoms with Gasteiger partial charge in [-0.3, -0.25) is 0 Å². The smallest absolute Gasteiger partial charge is 0.119 e. The molecule has 1 fully saturated rings. The Morgan fingerprint density at radius 2 is 1.81 bits per heavy atom. The lowest BCUT2D eigenvalue weighted by molar-refractivity contribution is 0.354. The number of nitrogens with one attached hydrogen (secondary N) is 1. The molecular weight excluding hydrogens is 356 g/mol. The second-order valence-corrected chi connectivity index (χ2v) is 7.15. The van der Waals surface area contributed by atoms with Crippen molar-refractivity contribution in [2.24, 2.45) is 5.92 Å². The molecule has 2 heterocycles. The van der Waals surface area contributed by atoms with Crippen LogP contribution in [0.3, 0.4) is 0 Å². The topological polar surface area (TPSA) is 34.1 Å². The van der Waals surface area contributed by atoms with Gasteiger partial charge in [0, 0.05) is 10.9 Å². The number of aryl methyl sites for hydroxylation is 1. The number of pyridine rings is 1. The van der Waals surface area contributed by atoms with Gasteiger partial charge in [0.2, 0.25) is 0 Å². The molecule has 0 bridgehead atoms. The summed E-state index contributed by atoms with van der Waals surface area (Å²) in [4.78, 5) is 4.91. The standard InChI is InChI=1S/C23H26N2O.ClH/c1-26-20-9-10-22-21(16-20)19(8-7-17-11-13-24-14-12-17)15-23(25-22)18-5-3-2-4-6-18;/h2-6,9-10,15-17,24H,7-8,11-14H2,1H3;1H. The molecular formula is C23H27ClN2O. The first-order valence-electron chi connectivity index (χ1n) is 9.57. The van der Waals surface area contributed by atoms with Crippen LogP contribution in [0.5, 0.6) is 5.75 Å². The van der Waals surface area contributed by atoms with Gasteiger partial charge >= 0.3 is 0 Å². The summed E-state index contributed by atoms with van der Waals surface area (Å²) >= 11 is 0. The maximum Gasteiger partial charge on any atom is 0.119 e. The summed E-state index contributed by atoms with van der Waals surface area (Å²) in [5, 5.41) is 4.68. The van der Waals surface area contributed by atoms with Crippen LogP contribution in [0.2, 0.25) is 0 Å². The van der Waals surface area contributed by atoms with Crippen molar-refractivity contribution in [3.8, 4) is 17.0 Å². The zero-order valence-electron chi connectivity index (χ0n) is 15.8. The molecule has 1 aliphatic heterocycles. The Hall–Kier alpha value is -2.10. The van der Waals surface area contributed by atoms with Crippen LogP contribution in [0, 0.1) is 5.92 Å². The molecule has 4 rings (SSSR count). The average molecular weight is 383 g/mol. The predicted octanol–water partition coefficient (Wildman–Crippen LogP) is 5.26. The highest BCUT2D eigenvalue weighted by Gasteiger charge is 2.15. The molecule has 0 unspecified atom stereocenters. The lowest BCUT2D eigenvalue weighted by atomic mass is 9.90. The Kier molecular flexibility index (Phi) is 6.70. The molecule has 1 saturated heterocycles. The van der Waals surface area contributed by atoms with Crippen LogP contribution in [0.25, 0.3) is 22.2 Å².